The molecule has 1 heterocycles. The van der Waals surface area contributed by atoms with Gasteiger partial charge in [-0.3, -0.25) is 14.3 Å². The van der Waals surface area contributed by atoms with Crippen LogP contribution in [0.4, 0.5) is 11.4 Å². The van der Waals surface area contributed by atoms with Crippen molar-refractivity contribution in [2.75, 3.05) is 29.5 Å². The van der Waals surface area contributed by atoms with Crippen LogP contribution >= 0.6 is 35.6 Å². The van der Waals surface area contributed by atoms with E-state index in [0.29, 0.717) is 33.3 Å². The minimum Gasteiger partial charge on any atom is -0.487 e. The molecule has 9 nitrogen and oxygen atoms in total. The van der Waals surface area contributed by atoms with Crippen molar-refractivity contribution < 1.29 is 22.7 Å². The number of nitrogens with one attached hydrogen (secondary N) is 2. The average Bonchev–Trinajstić information content (AvgIpc) is 2.94. The largest absolute Gasteiger partial charge is 0.487 e. The van der Waals surface area contributed by atoms with Crippen LogP contribution in [0, 0.1) is 6.92 Å². The minimum atomic E-state index is -3.38. The van der Waals surface area contributed by atoms with Crippen LogP contribution in [-0.4, -0.2) is 45.1 Å². The number of rotatable bonds is 10. The molecular weight excluding hydrogens is 635 g/mol. The summed E-state index contributed by atoms with van der Waals surface area (Å²) in [5.74, 6) is -0.307. The summed E-state index contributed by atoms with van der Waals surface area (Å²) >= 11 is 13.1. The molecule has 226 valence electrons. The third-order valence-electron chi connectivity index (χ3n) is 6.15. The third-order valence-corrected chi connectivity index (χ3v) is 7.53. The number of likely N-dealkylation sites (N-methyl/N-ethyl adjacent to an activating group) is 1. The van der Waals surface area contributed by atoms with E-state index in [0.717, 1.165) is 22.9 Å². The molecule has 0 atom stereocenters. The van der Waals surface area contributed by atoms with Crippen molar-refractivity contribution in [3.63, 3.8) is 0 Å². The Morgan fingerprint density at radius 3 is 2.44 bits per heavy atom. The number of pyridine rings is 1. The number of carbonyl (C=O) groups excluding carboxylic acids is 2. The Balaban J connectivity index is 0.00000506. The van der Waals surface area contributed by atoms with E-state index >= 15 is 0 Å². The van der Waals surface area contributed by atoms with Crippen molar-refractivity contribution in [3.8, 4) is 5.75 Å². The van der Waals surface area contributed by atoms with Gasteiger partial charge in [-0.1, -0.05) is 53.5 Å². The highest BCUT2D eigenvalue weighted by atomic mass is 35.5. The lowest BCUT2D eigenvalue weighted by Crippen LogP contribution is -2.37. The van der Waals surface area contributed by atoms with E-state index in [9.17, 15) is 18.0 Å². The molecule has 0 aliphatic heterocycles. The van der Waals surface area contributed by atoms with Crippen LogP contribution in [0.5, 0.6) is 5.75 Å². The minimum absolute atomic E-state index is 0. The second-order valence-corrected chi connectivity index (χ2v) is 12.0. The van der Waals surface area contributed by atoms with Gasteiger partial charge in [0.2, 0.25) is 21.8 Å². The molecule has 0 fully saturated rings. The summed E-state index contributed by atoms with van der Waals surface area (Å²) < 4.78 is 31.1. The summed E-state index contributed by atoms with van der Waals surface area (Å²) in [7, 11) is -1.83. The molecule has 1 aromatic heterocycles. The van der Waals surface area contributed by atoms with Gasteiger partial charge in [-0.2, -0.15) is 0 Å². The number of nitrogens with zero attached hydrogens (tertiary/aromatic N) is 2. The number of halogens is 3. The molecule has 0 radical (unpaired) electrons. The second kappa shape index (κ2) is 14.6. The van der Waals surface area contributed by atoms with Gasteiger partial charge < -0.3 is 15.0 Å². The van der Waals surface area contributed by atoms with Crippen LogP contribution in [0.3, 0.4) is 0 Å². The second-order valence-electron chi connectivity index (χ2n) is 9.43. The van der Waals surface area contributed by atoms with Crippen LogP contribution in [0.15, 0.2) is 72.8 Å². The first-order valence-corrected chi connectivity index (χ1v) is 15.3. The van der Waals surface area contributed by atoms with Crippen LogP contribution in [0.25, 0.3) is 17.0 Å². The van der Waals surface area contributed by atoms with Gasteiger partial charge >= 0.3 is 0 Å². The number of para-hydroxylation sites is 1. The lowest BCUT2D eigenvalue weighted by Gasteiger charge is -2.21. The highest BCUT2D eigenvalue weighted by molar-refractivity contribution is 7.92. The summed E-state index contributed by atoms with van der Waals surface area (Å²) in [6.07, 6.45) is 3.88. The predicted molar refractivity (Wildman–Crippen MR) is 175 cm³/mol. The normalized spacial score (nSPS) is 11.2. The molecule has 0 unspecified atom stereocenters. The standard InChI is InChI=1S/C30H28Cl2N4O5S.ClH/c1-19-7-11-21-5-4-6-26(30(21)34-19)41-18-23-24(31)14-15-25(29(23)32)36(2)28(38)17-33-27(37)16-10-20-8-12-22(13-9-20)35-42(3,39)40;/h4-16,35H,17-18H2,1-3H3,(H,33,37);1H. The summed E-state index contributed by atoms with van der Waals surface area (Å²) in [5.41, 5.74) is 3.57. The first-order chi connectivity index (χ1) is 19.9. The Morgan fingerprint density at radius 1 is 1.02 bits per heavy atom. The lowest BCUT2D eigenvalue weighted by atomic mass is 10.1. The van der Waals surface area contributed by atoms with Crippen molar-refractivity contribution in [1.82, 2.24) is 10.3 Å². The fraction of sp³-hybridized carbons (Fsp3) is 0.167. The molecule has 0 aliphatic rings. The van der Waals surface area contributed by atoms with E-state index in [2.05, 4.69) is 15.0 Å². The Hall–Kier alpha value is -3.83. The number of aryl methyl sites for hydroxylation is 1. The maximum absolute atomic E-state index is 12.9. The van der Waals surface area contributed by atoms with Gasteiger partial charge in [0.1, 0.15) is 17.9 Å². The number of sulfonamides is 1. The van der Waals surface area contributed by atoms with E-state index in [-0.39, 0.29) is 30.6 Å². The fourth-order valence-electron chi connectivity index (χ4n) is 3.98. The molecule has 0 aliphatic carbocycles. The summed E-state index contributed by atoms with van der Waals surface area (Å²) in [4.78, 5) is 31.1. The Bertz CT molecular complexity index is 1780. The zero-order valence-electron chi connectivity index (χ0n) is 23.4. The maximum atomic E-state index is 12.9. The van der Waals surface area contributed by atoms with Gasteiger partial charge in [0.25, 0.3) is 0 Å². The van der Waals surface area contributed by atoms with Crippen molar-refractivity contribution in [3.05, 3.63) is 99.7 Å². The molecule has 2 N–H and O–H groups in total. The predicted octanol–water partition coefficient (Wildman–Crippen LogP) is 6.01. The fourth-order valence-corrected chi connectivity index (χ4v) is 5.15. The first kappa shape index (κ1) is 33.7. The van der Waals surface area contributed by atoms with Gasteiger partial charge in [-0.25, -0.2) is 13.4 Å². The third kappa shape index (κ3) is 9.08. The van der Waals surface area contributed by atoms with E-state index in [1.807, 2.05) is 37.3 Å². The average molecular weight is 664 g/mol. The Labute approximate surface area is 266 Å². The Morgan fingerprint density at radius 2 is 1.74 bits per heavy atom. The van der Waals surface area contributed by atoms with E-state index in [1.54, 1.807) is 49.5 Å². The van der Waals surface area contributed by atoms with E-state index in [1.165, 1.54) is 11.0 Å². The van der Waals surface area contributed by atoms with Crippen molar-refractivity contribution in [2.45, 2.75) is 13.5 Å². The first-order valence-electron chi connectivity index (χ1n) is 12.7. The van der Waals surface area contributed by atoms with Crippen LogP contribution in [0.1, 0.15) is 16.8 Å². The number of carbonyl (C=O) groups is 2. The zero-order chi connectivity index (χ0) is 30.4. The summed E-state index contributed by atoms with van der Waals surface area (Å²) in [6.45, 7) is 1.68. The van der Waals surface area contributed by atoms with Crippen LogP contribution < -0.4 is 19.7 Å². The van der Waals surface area contributed by atoms with Crippen LogP contribution in [0.2, 0.25) is 10.0 Å². The number of amides is 2. The monoisotopic (exact) mass is 662 g/mol. The van der Waals surface area contributed by atoms with Crippen molar-refractivity contribution in [2.24, 2.45) is 0 Å². The zero-order valence-corrected chi connectivity index (χ0v) is 26.6. The molecule has 13 heteroatoms. The molecule has 0 saturated heterocycles. The smallest absolute Gasteiger partial charge is 0.246 e. The molecule has 4 aromatic rings. The maximum Gasteiger partial charge on any atom is 0.246 e. The van der Waals surface area contributed by atoms with E-state index < -0.39 is 21.8 Å². The van der Waals surface area contributed by atoms with Gasteiger partial charge in [0.15, 0.2) is 0 Å². The molecule has 0 bridgehead atoms. The number of fused-ring (bicyclic) bond motifs is 1. The number of aromatic nitrogens is 1. The van der Waals surface area contributed by atoms with Gasteiger partial charge in [-0.15, -0.1) is 12.4 Å². The quantitative estimate of drug-likeness (QED) is 0.201. The molecular formula is C30H29Cl3N4O5S. The lowest BCUT2D eigenvalue weighted by molar-refractivity contribution is -0.122. The highest BCUT2D eigenvalue weighted by Gasteiger charge is 2.19. The number of hydrogen-bond donors (Lipinski definition) is 2. The molecule has 0 saturated carbocycles. The summed E-state index contributed by atoms with van der Waals surface area (Å²) in [6, 6.07) is 19.2. The Kier molecular flexibility index (Phi) is 11.4. The molecule has 0 spiro atoms. The molecule has 4 rings (SSSR count). The van der Waals surface area contributed by atoms with Crippen LogP contribution in [-0.2, 0) is 26.2 Å². The van der Waals surface area contributed by atoms with Gasteiger partial charge in [0.05, 0.1) is 23.5 Å². The number of benzene rings is 3. The van der Waals surface area contributed by atoms with E-state index in [4.69, 9.17) is 27.9 Å². The molecule has 43 heavy (non-hydrogen) atoms. The molecule has 3 aromatic carbocycles. The number of ether oxygens (including phenoxy) is 1. The van der Waals surface area contributed by atoms with Crippen molar-refractivity contribution >= 4 is 85.8 Å². The van der Waals surface area contributed by atoms with Gasteiger partial charge in [0, 0.05) is 40.5 Å². The number of hydrogen-bond acceptors (Lipinski definition) is 6. The topological polar surface area (TPSA) is 118 Å². The molecule has 2 amide bonds. The number of anilines is 2. The van der Waals surface area contributed by atoms with Gasteiger partial charge in [-0.05, 0) is 55.0 Å². The summed E-state index contributed by atoms with van der Waals surface area (Å²) in [5, 5.41) is 4.12. The van der Waals surface area contributed by atoms with Crippen molar-refractivity contribution in [1.29, 1.82) is 0 Å². The SMILES string of the molecule is Cc1ccc2cccc(OCc3c(Cl)ccc(N(C)C(=O)CNC(=O)C=Cc4ccc(NS(C)(=O)=O)cc4)c3Cl)c2n1.Cl. The highest BCUT2D eigenvalue weighted by Crippen LogP contribution is 2.35.